The van der Waals surface area contributed by atoms with Gasteiger partial charge in [-0.05, 0) is 61.2 Å². The fourth-order valence-electron chi connectivity index (χ4n) is 4.31. The average molecular weight is 523 g/mol. The molecule has 0 bridgehead atoms. The second-order valence-electron chi connectivity index (χ2n) is 9.06. The fourth-order valence-corrected chi connectivity index (χ4v) is 4.31. The molecule has 2 amide bonds. The predicted molar refractivity (Wildman–Crippen MR) is 141 cm³/mol. The Hall–Kier alpha value is -4.14. The number of amides is 2. The van der Waals surface area contributed by atoms with Crippen molar-refractivity contribution in [1.29, 1.82) is 0 Å². The Morgan fingerprint density at radius 3 is 2.29 bits per heavy atom. The Morgan fingerprint density at radius 2 is 1.66 bits per heavy atom. The van der Waals surface area contributed by atoms with E-state index in [9.17, 15) is 9.59 Å². The van der Waals surface area contributed by atoms with Gasteiger partial charge in [0.15, 0.2) is 11.5 Å². The molecule has 0 atom stereocenters. The molecular formula is C29H34N2O7. The van der Waals surface area contributed by atoms with E-state index in [4.69, 9.17) is 23.4 Å². The molecule has 1 aliphatic carbocycles. The third kappa shape index (κ3) is 6.40. The molecule has 1 heterocycles. The largest absolute Gasteiger partial charge is 0.497 e. The van der Waals surface area contributed by atoms with Gasteiger partial charge in [0, 0.05) is 18.7 Å². The SMILES string of the molecule is COc1ccc(C(=O)N(CC(=O)N(CCc2ccc(OC)c(OC)c2)Cc2ccco2)C2CC2)c(OC)c1. The summed E-state index contributed by atoms with van der Waals surface area (Å²) in [6, 6.07) is 14.4. The van der Waals surface area contributed by atoms with Crippen molar-refractivity contribution in [2.24, 2.45) is 0 Å². The van der Waals surface area contributed by atoms with Gasteiger partial charge in [-0.3, -0.25) is 9.59 Å². The number of benzene rings is 2. The molecule has 0 aliphatic heterocycles. The number of nitrogens with zero attached hydrogens (tertiary/aromatic N) is 2. The summed E-state index contributed by atoms with van der Waals surface area (Å²) in [6.45, 7) is 0.705. The monoisotopic (exact) mass is 522 g/mol. The van der Waals surface area contributed by atoms with Crippen molar-refractivity contribution in [2.75, 3.05) is 41.5 Å². The van der Waals surface area contributed by atoms with Crippen molar-refractivity contribution in [2.45, 2.75) is 31.8 Å². The van der Waals surface area contributed by atoms with Crippen LogP contribution in [0.4, 0.5) is 0 Å². The van der Waals surface area contributed by atoms with Gasteiger partial charge in [-0.1, -0.05) is 6.07 Å². The lowest BCUT2D eigenvalue weighted by Crippen LogP contribution is -2.44. The van der Waals surface area contributed by atoms with Gasteiger partial charge in [-0.15, -0.1) is 0 Å². The first-order chi connectivity index (χ1) is 18.5. The fraction of sp³-hybridized carbons (Fsp3) is 0.379. The second-order valence-corrected chi connectivity index (χ2v) is 9.06. The van der Waals surface area contributed by atoms with Gasteiger partial charge in [-0.2, -0.15) is 0 Å². The van der Waals surface area contributed by atoms with Crippen LogP contribution in [-0.2, 0) is 17.8 Å². The molecule has 0 saturated heterocycles. The molecule has 1 fully saturated rings. The minimum atomic E-state index is -0.238. The van der Waals surface area contributed by atoms with Gasteiger partial charge in [0.1, 0.15) is 23.8 Å². The Balaban J connectivity index is 1.52. The zero-order valence-corrected chi connectivity index (χ0v) is 22.3. The summed E-state index contributed by atoms with van der Waals surface area (Å²) >= 11 is 0. The van der Waals surface area contributed by atoms with Crippen LogP contribution in [0.15, 0.2) is 59.2 Å². The summed E-state index contributed by atoms with van der Waals surface area (Å²) in [5.74, 6) is 2.56. The van der Waals surface area contributed by atoms with Crippen molar-refractivity contribution < 1.29 is 33.0 Å². The highest BCUT2D eigenvalue weighted by Crippen LogP contribution is 2.32. The number of hydrogen-bond donors (Lipinski definition) is 0. The van der Waals surface area contributed by atoms with Gasteiger partial charge >= 0.3 is 0 Å². The molecule has 0 unspecified atom stereocenters. The van der Waals surface area contributed by atoms with Crippen LogP contribution in [0.5, 0.6) is 23.0 Å². The van der Waals surface area contributed by atoms with E-state index in [2.05, 4.69) is 0 Å². The van der Waals surface area contributed by atoms with E-state index in [0.29, 0.717) is 53.8 Å². The molecular weight excluding hydrogens is 488 g/mol. The van der Waals surface area contributed by atoms with E-state index in [1.165, 1.54) is 7.11 Å². The third-order valence-corrected chi connectivity index (χ3v) is 6.59. The van der Waals surface area contributed by atoms with Crippen LogP contribution in [0.1, 0.15) is 34.5 Å². The Morgan fingerprint density at radius 1 is 0.895 bits per heavy atom. The maximum Gasteiger partial charge on any atom is 0.258 e. The standard InChI is InChI=1S/C29H34N2O7/c1-34-22-10-11-24(26(17-22)36-3)29(33)31(21-8-9-21)19-28(32)30(18-23-6-5-15-38-23)14-13-20-7-12-25(35-2)27(16-20)37-4/h5-7,10-12,15-17,21H,8-9,13-14,18-19H2,1-4H3. The van der Waals surface area contributed by atoms with Crippen molar-refractivity contribution in [3.05, 3.63) is 71.7 Å². The van der Waals surface area contributed by atoms with Crippen LogP contribution in [0.3, 0.4) is 0 Å². The molecule has 4 rings (SSSR count). The molecule has 2 aromatic carbocycles. The molecule has 1 aliphatic rings. The van der Waals surface area contributed by atoms with E-state index < -0.39 is 0 Å². The summed E-state index contributed by atoms with van der Waals surface area (Å²) in [4.78, 5) is 30.6. The van der Waals surface area contributed by atoms with E-state index in [1.807, 2.05) is 24.3 Å². The lowest BCUT2D eigenvalue weighted by Gasteiger charge is -2.28. The predicted octanol–water partition coefficient (Wildman–Crippen LogP) is 4.19. The first kappa shape index (κ1) is 26.9. The van der Waals surface area contributed by atoms with Gasteiger partial charge in [0.25, 0.3) is 5.91 Å². The van der Waals surface area contributed by atoms with Crippen LogP contribution < -0.4 is 18.9 Å². The number of methoxy groups -OCH3 is 4. The minimum absolute atomic E-state index is 0.0227. The zero-order chi connectivity index (χ0) is 27.1. The molecule has 3 aromatic rings. The number of carbonyl (C=O) groups is 2. The quantitative estimate of drug-likeness (QED) is 0.332. The summed E-state index contributed by atoms with van der Waals surface area (Å²) in [6.07, 6.45) is 3.90. The number of furan rings is 1. The molecule has 9 nitrogen and oxygen atoms in total. The van der Waals surface area contributed by atoms with E-state index in [0.717, 1.165) is 18.4 Å². The summed E-state index contributed by atoms with van der Waals surface area (Å²) in [5.41, 5.74) is 1.40. The topological polar surface area (TPSA) is 90.7 Å². The highest BCUT2D eigenvalue weighted by atomic mass is 16.5. The van der Waals surface area contributed by atoms with E-state index in [-0.39, 0.29) is 24.4 Å². The van der Waals surface area contributed by atoms with Crippen molar-refractivity contribution in [3.8, 4) is 23.0 Å². The lowest BCUT2D eigenvalue weighted by molar-refractivity contribution is -0.132. The highest BCUT2D eigenvalue weighted by Gasteiger charge is 2.36. The van der Waals surface area contributed by atoms with Gasteiger partial charge in [0.2, 0.25) is 5.91 Å². The first-order valence-electron chi connectivity index (χ1n) is 12.5. The zero-order valence-electron chi connectivity index (χ0n) is 22.3. The van der Waals surface area contributed by atoms with Crippen LogP contribution in [0, 0.1) is 0 Å². The molecule has 0 N–H and O–H groups in total. The Kier molecular flexibility index (Phi) is 8.78. The average Bonchev–Trinajstić information content (AvgIpc) is 3.67. The number of carbonyl (C=O) groups excluding carboxylic acids is 2. The number of rotatable bonds is 13. The second kappa shape index (κ2) is 12.4. The van der Waals surface area contributed by atoms with Crippen molar-refractivity contribution >= 4 is 11.8 Å². The van der Waals surface area contributed by atoms with E-state index in [1.54, 1.807) is 61.7 Å². The number of ether oxygens (including phenoxy) is 4. The highest BCUT2D eigenvalue weighted by molar-refractivity contribution is 5.99. The smallest absolute Gasteiger partial charge is 0.258 e. The summed E-state index contributed by atoms with van der Waals surface area (Å²) in [7, 11) is 6.25. The van der Waals surface area contributed by atoms with Gasteiger partial charge < -0.3 is 33.2 Å². The van der Waals surface area contributed by atoms with Gasteiger partial charge in [-0.25, -0.2) is 0 Å². The normalized spacial score (nSPS) is 12.5. The van der Waals surface area contributed by atoms with Crippen LogP contribution in [-0.4, -0.2) is 69.2 Å². The maximum absolute atomic E-state index is 13.6. The first-order valence-corrected chi connectivity index (χ1v) is 12.5. The molecule has 202 valence electrons. The van der Waals surface area contributed by atoms with Crippen LogP contribution in [0.2, 0.25) is 0 Å². The van der Waals surface area contributed by atoms with Crippen LogP contribution in [0.25, 0.3) is 0 Å². The maximum atomic E-state index is 13.6. The van der Waals surface area contributed by atoms with Crippen molar-refractivity contribution in [1.82, 2.24) is 9.80 Å². The molecule has 1 aromatic heterocycles. The van der Waals surface area contributed by atoms with E-state index >= 15 is 0 Å². The molecule has 38 heavy (non-hydrogen) atoms. The third-order valence-electron chi connectivity index (χ3n) is 6.59. The molecule has 9 heteroatoms. The Bertz CT molecular complexity index is 1240. The van der Waals surface area contributed by atoms with Crippen LogP contribution >= 0.6 is 0 Å². The molecule has 1 saturated carbocycles. The summed E-state index contributed by atoms with van der Waals surface area (Å²) < 4.78 is 27.0. The molecule has 0 spiro atoms. The lowest BCUT2D eigenvalue weighted by atomic mass is 10.1. The molecule has 0 radical (unpaired) electrons. The van der Waals surface area contributed by atoms with Gasteiger partial charge in [0.05, 0.1) is 46.8 Å². The minimum Gasteiger partial charge on any atom is -0.497 e. The van der Waals surface area contributed by atoms with Crippen molar-refractivity contribution in [3.63, 3.8) is 0 Å². The summed E-state index contributed by atoms with van der Waals surface area (Å²) in [5, 5.41) is 0. The number of hydrogen-bond acceptors (Lipinski definition) is 7. The Labute approximate surface area is 222 Å².